The molecule has 2 N–H and O–H groups in total. The van der Waals surface area contributed by atoms with Gasteiger partial charge < -0.3 is 14.4 Å². The molecule has 4 rings (SSSR count). The normalized spacial score (nSPS) is 21.8. The van der Waals surface area contributed by atoms with Crippen molar-refractivity contribution < 1.29 is 14.3 Å². The molecule has 2 aliphatic heterocycles. The zero-order chi connectivity index (χ0) is 21.6. The smallest absolute Gasteiger partial charge is 0.227 e. The maximum absolute atomic E-state index is 12.7. The van der Waals surface area contributed by atoms with Crippen molar-refractivity contribution in [3.8, 4) is 11.5 Å². The van der Waals surface area contributed by atoms with Crippen molar-refractivity contribution in [1.82, 2.24) is 20.7 Å². The number of benzene rings is 2. The summed E-state index contributed by atoms with van der Waals surface area (Å²) in [5, 5.41) is 0. The van der Waals surface area contributed by atoms with Gasteiger partial charge in [0.15, 0.2) is 0 Å². The van der Waals surface area contributed by atoms with E-state index in [1.807, 2.05) is 48.2 Å². The molecular weight excluding hydrogens is 392 g/mol. The molecule has 2 fully saturated rings. The van der Waals surface area contributed by atoms with Gasteiger partial charge in [-0.3, -0.25) is 9.69 Å². The van der Waals surface area contributed by atoms with E-state index in [2.05, 4.69) is 27.9 Å². The molecule has 2 heterocycles. The van der Waals surface area contributed by atoms with Gasteiger partial charge in [0.05, 0.1) is 26.3 Å². The molecule has 166 valence electrons. The lowest BCUT2D eigenvalue weighted by atomic mass is 10.0. The fourth-order valence-corrected chi connectivity index (χ4v) is 4.27. The number of piperazine rings is 1. The number of amides is 1. The van der Waals surface area contributed by atoms with Gasteiger partial charge in [-0.25, -0.2) is 10.9 Å². The number of carbonyl (C=O) groups is 1. The van der Waals surface area contributed by atoms with Gasteiger partial charge >= 0.3 is 0 Å². The van der Waals surface area contributed by atoms with Crippen molar-refractivity contribution in [3.63, 3.8) is 0 Å². The van der Waals surface area contributed by atoms with Crippen LogP contribution in [-0.4, -0.2) is 61.8 Å². The van der Waals surface area contributed by atoms with E-state index in [4.69, 9.17) is 9.47 Å². The van der Waals surface area contributed by atoms with Crippen LogP contribution in [0.2, 0.25) is 0 Å². The highest BCUT2D eigenvalue weighted by molar-refractivity contribution is 5.79. The third-order valence-electron chi connectivity index (χ3n) is 6.10. The van der Waals surface area contributed by atoms with E-state index < -0.39 is 0 Å². The number of nitrogens with zero attached hydrogens (tertiary/aromatic N) is 2. The summed E-state index contributed by atoms with van der Waals surface area (Å²) in [6.07, 6.45) is 1.71. The summed E-state index contributed by atoms with van der Waals surface area (Å²) in [5.41, 5.74) is 9.12. The van der Waals surface area contributed by atoms with Crippen LogP contribution < -0.4 is 20.3 Å². The molecule has 0 radical (unpaired) electrons. The van der Waals surface area contributed by atoms with E-state index in [0.717, 1.165) is 49.7 Å². The van der Waals surface area contributed by atoms with Gasteiger partial charge in [0.1, 0.15) is 11.5 Å². The molecule has 1 amide bonds. The highest BCUT2D eigenvalue weighted by atomic mass is 16.5. The summed E-state index contributed by atoms with van der Waals surface area (Å²) in [5.74, 6) is 1.91. The van der Waals surface area contributed by atoms with Gasteiger partial charge in [-0.15, -0.1) is 0 Å². The first kappa shape index (κ1) is 21.6. The third kappa shape index (κ3) is 5.36. The standard InChI is InChI=1S/C24H32N4O3/c1-3-31-21-8-4-18(5-9-21)16-24(29)28-14-12-27(13-15-28)23-17-22(25-26-23)19-6-10-20(30-2)11-7-19/h4-11,22-23,25-26H,3,12-17H2,1-2H3. The predicted molar refractivity (Wildman–Crippen MR) is 120 cm³/mol. The van der Waals surface area contributed by atoms with Gasteiger partial charge in [-0.05, 0) is 48.7 Å². The fraction of sp³-hybridized carbons (Fsp3) is 0.458. The van der Waals surface area contributed by atoms with Crippen LogP contribution in [0.5, 0.6) is 11.5 Å². The Morgan fingerprint density at radius 1 is 0.968 bits per heavy atom. The van der Waals surface area contributed by atoms with Crippen molar-refractivity contribution in [3.05, 3.63) is 59.7 Å². The van der Waals surface area contributed by atoms with Gasteiger partial charge in [0, 0.05) is 32.2 Å². The van der Waals surface area contributed by atoms with Crippen molar-refractivity contribution in [2.45, 2.75) is 32.0 Å². The SMILES string of the molecule is CCOc1ccc(CC(=O)N2CCN(C3CC(c4ccc(OC)cc4)NN3)CC2)cc1. The average Bonchev–Trinajstić information content (AvgIpc) is 3.31. The lowest BCUT2D eigenvalue weighted by Crippen LogP contribution is -2.55. The van der Waals surface area contributed by atoms with Gasteiger partial charge in [0.2, 0.25) is 5.91 Å². The zero-order valence-corrected chi connectivity index (χ0v) is 18.3. The Morgan fingerprint density at radius 3 is 2.29 bits per heavy atom. The Morgan fingerprint density at radius 2 is 1.65 bits per heavy atom. The Balaban J connectivity index is 1.24. The number of rotatable bonds is 7. The first-order valence-electron chi connectivity index (χ1n) is 11.0. The lowest BCUT2D eigenvalue weighted by molar-refractivity contribution is -0.132. The molecule has 0 bridgehead atoms. The molecule has 0 aliphatic carbocycles. The van der Waals surface area contributed by atoms with Crippen LogP contribution in [0.1, 0.15) is 30.5 Å². The highest BCUT2D eigenvalue weighted by Crippen LogP contribution is 2.26. The quantitative estimate of drug-likeness (QED) is 0.711. The molecule has 0 aromatic heterocycles. The monoisotopic (exact) mass is 424 g/mol. The summed E-state index contributed by atoms with van der Waals surface area (Å²) >= 11 is 0. The van der Waals surface area contributed by atoms with Crippen molar-refractivity contribution in [2.24, 2.45) is 0 Å². The fourth-order valence-electron chi connectivity index (χ4n) is 4.27. The van der Waals surface area contributed by atoms with Gasteiger partial charge in [0.25, 0.3) is 0 Å². The number of hydrogen-bond donors (Lipinski definition) is 2. The zero-order valence-electron chi connectivity index (χ0n) is 18.3. The van der Waals surface area contributed by atoms with Crippen LogP contribution in [0.25, 0.3) is 0 Å². The van der Waals surface area contributed by atoms with E-state index in [9.17, 15) is 4.79 Å². The van der Waals surface area contributed by atoms with E-state index in [0.29, 0.717) is 13.0 Å². The van der Waals surface area contributed by atoms with E-state index in [1.54, 1.807) is 7.11 Å². The summed E-state index contributed by atoms with van der Waals surface area (Å²) in [7, 11) is 1.68. The number of methoxy groups -OCH3 is 1. The summed E-state index contributed by atoms with van der Waals surface area (Å²) in [6.45, 7) is 5.90. The van der Waals surface area contributed by atoms with E-state index in [-0.39, 0.29) is 18.1 Å². The number of hydrogen-bond acceptors (Lipinski definition) is 6. The van der Waals surface area contributed by atoms with Crippen LogP contribution >= 0.6 is 0 Å². The second-order valence-electron chi connectivity index (χ2n) is 8.04. The number of hydrazine groups is 1. The molecule has 2 unspecified atom stereocenters. The second-order valence-corrected chi connectivity index (χ2v) is 8.04. The van der Waals surface area contributed by atoms with Gasteiger partial charge in [-0.1, -0.05) is 24.3 Å². The molecular formula is C24H32N4O3. The van der Waals surface area contributed by atoms with Crippen LogP contribution in [0.3, 0.4) is 0 Å². The van der Waals surface area contributed by atoms with Crippen LogP contribution in [-0.2, 0) is 11.2 Å². The topological polar surface area (TPSA) is 66.1 Å². The third-order valence-corrected chi connectivity index (χ3v) is 6.10. The van der Waals surface area contributed by atoms with Crippen LogP contribution in [0, 0.1) is 0 Å². The molecule has 2 aliphatic rings. The van der Waals surface area contributed by atoms with Crippen LogP contribution in [0.4, 0.5) is 0 Å². The molecule has 2 saturated heterocycles. The van der Waals surface area contributed by atoms with E-state index >= 15 is 0 Å². The Labute approximate surface area is 184 Å². The molecule has 2 aromatic rings. The minimum Gasteiger partial charge on any atom is -0.497 e. The molecule has 2 aromatic carbocycles. The minimum absolute atomic E-state index is 0.192. The largest absolute Gasteiger partial charge is 0.497 e. The number of carbonyl (C=O) groups excluding carboxylic acids is 1. The Bertz CT molecular complexity index is 848. The van der Waals surface area contributed by atoms with Crippen LogP contribution in [0.15, 0.2) is 48.5 Å². The maximum atomic E-state index is 12.7. The Kier molecular flexibility index (Phi) is 7.06. The summed E-state index contributed by atoms with van der Waals surface area (Å²) in [6, 6.07) is 16.3. The van der Waals surface area contributed by atoms with Gasteiger partial charge in [-0.2, -0.15) is 0 Å². The Hall–Kier alpha value is -2.61. The first-order valence-corrected chi connectivity index (χ1v) is 11.0. The maximum Gasteiger partial charge on any atom is 0.227 e. The second kappa shape index (κ2) is 10.1. The van der Waals surface area contributed by atoms with E-state index in [1.165, 1.54) is 5.56 Å². The molecule has 2 atom stereocenters. The molecule has 7 nitrogen and oxygen atoms in total. The average molecular weight is 425 g/mol. The summed E-state index contributed by atoms with van der Waals surface area (Å²) < 4.78 is 10.7. The molecule has 0 spiro atoms. The summed E-state index contributed by atoms with van der Waals surface area (Å²) in [4.78, 5) is 17.1. The number of ether oxygens (including phenoxy) is 2. The predicted octanol–water partition coefficient (Wildman–Crippen LogP) is 2.35. The van der Waals surface area contributed by atoms with Crippen molar-refractivity contribution in [2.75, 3.05) is 39.9 Å². The first-order chi connectivity index (χ1) is 15.2. The molecule has 0 saturated carbocycles. The highest BCUT2D eigenvalue weighted by Gasteiger charge is 2.32. The lowest BCUT2D eigenvalue weighted by Gasteiger charge is -2.37. The molecule has 7 heteroatoms. The minimum atomic E-state index is 0.192. The molecule has 31 heavy (non-hydrogen) atoms. The number of nitrogens with one attached hydrogen (secondary N) is 2. The van der Waals surface area contributed by atoms with Crippen molar-refractivity contribution >= 4 is 5.91 Å². The van der Waals surface area contributed by atoms with Crippen molar-refractivity contribution in [1.29, 1.82) is 0 Å².